The van der Waals surface area contributed by atoms with Gasteiger partial charge in [0.2, 0.25) is 0 Å². The molecule has 0 saturated carbocycles. The van der Waals surface area contributed by atoms with Gasteiger partial charge in [0.1, 0.15) is 0 Å². The minimum absolute atomic E-state index is 0.0712. The Morgan fingerprint density at radius 3 is 2.08 bits per heavy atom. The molecule has 1 atom stereocenters. The number of rotatable bonds is 6. The molecule has 0 aliphatic carbocycles. The van der Waals surface area contributed by atoms with E-state index in [0.717, 1.165) is 24.3 Å². The molecular formula is C16H19NO7S. The predicted molar refractivity (Wildman–Crippen MR) is 91.5 cm³/mol. The molecule has 8 nitrogen and oxygen atoms in total. The summed E-state index contributed by atoms with van der Waals surface area (Å²) in [6.07, 6.45) is 0. The Balaban J connectivity index is 2.90. The number of non-ortho nitro benzene ring substituents is 1. The van der Waals surface area contributed by atoms with Gasteiger partial charge in [0, 0.05) is 22.6 Å². The summed E-state index contributed by atoms with van der Waals surface area (Å²) in [5, 5.41) is 20.0. The van der Waals surface area contributed by atoms with Crippen molar-refractivity contribution >= 4 is 35.4 Å². The number of nitro groups is 1. The maximum Gasteiger partial charge on any atom is 0.345 e. The largest absolute Gasteiger partial charge is 0.480 e. The highest BCUT2D eigenvalue weighted by molar-refractivity contribution is 8.00. The number of carbonyl (C=O) groups is 3. The van der Waals surface area contributed by atoms with Gasteiger partial charge in [-0.2, -0.15) is 11.8 Å². The number of esters is 2. The zero-order valence-corrected chi connectivity index (χ0v) is 15.1. The van der Waals surface area contributed by atoms with Crippen LogP contribution in [0.3, 0.4) is 0 Å². The Labute approximate surface area is 148 Å². The molecule has 0 heterocycles. The van der Waals surface area contributed by atoms with E-state index >= 15 is 0 Å². The molecule has 0 spiro atoms. The SMILES string of the molecule is CC(C)(C)SC[C@](C)(C(=O)O)C(=O)OC(=O)c1ccc([N+](=O)[O-])cc1. The second-order valence-electron chi connectivity index (χ2n) is 6.52. The van der Waals surface area contributed by atoms with E-state index in [1.807, 2.05) is 20.8 Å². The van der Waals surface area contributed by atoms with E-state index < -0.39 is 28.2 Å². The van der Waals surface area contributed by atoms with Crippen LogP contribution in [0.1, 0.15) is 38.1 Å². The number of aliphatic carboxylic acids is 1. The number of nitrogens with zero attached hydrogens (tertiary/aromatic N) is 1. The van der Waals surface area contributed by atoms with Crippen molar-refractivity contribution in [3.8, 4) is 0 Å². The number of nitro benzene ring substituents is 1. The van der Waals surface area contributed by atoms with E-state index in [9.17, 15) is 29.6 Å². The Kier molecular flexibility index (Phi) is 6.31. The minimum Gasteiger partial charge on any atom is -0.480 e. The molecule has 1 aromatic rings. The van der Waals surface area contributed by atoms with Gasteiger partial charge in [0.15, 0.2) is 5.41 Å². The topological polar surface area (TPSA) is 124 Å². The number of carboxylic acids is 1. The second-order valence-corrected chi connectivity index (χ2v) is 8.32. The number of carbonyl (C=O) groups excluding carboxylic acids is 2. The summed E-state index contributed by atoms with van der Waals surface area (Å²) in [5.74, 6) is -3.71. The second kappa shape index (κ2) is 7.64. The van der Waals surface area contributed by atoms with Crippen LogP contribution in [-0.2, 0) is 14.3 Å². The molecule has 9 heteroatoms. The highest BCUT2D eigenvalue weighted by Crippen LogP contribution is 2.32. The van der Waals surface area contributed by atoms with E-state index in [2.05, 4.69) is 4.74 Å². The summed E-state index contributed by atoms with van der Waals surface area (Å²) in [4.78, 5) is 45.7. The molecule has 0 bridgehead atoms. The van der Waals surface area contributed by atoms with E-state index in [-0.39, 0.29) is 21.8 Å². The van der Waals surface area contributed by atoms with Gasteiger partial charge in [0.05, 0.1) is 10.5 Å². The fourth-order valence-electron chi connectivity index (χ4n) is 1.54. The van der Waals surface area contributed by atoms with Crippen molar-refractivity contribution < 1.29 is 29.2 Å². The number of benzene rings is 1. The van der Waals surface area contributed by atoms with Crippen molar-refractivity contribution in [3.63, 3.8) is 0 Å². The molecule has 136 valence electrons. The molecule has 0 aromatic heterocycles. The number of thioether (sulfide) groups is 1. The lowest BCUT2D eigenvalue weighted by Crippen LogP contribution is -2.42. The molecule has 1 rings (SSSR count). The zero-order valence-electron chi connectivity index (χ0n) is 14.3. The van der Waals surface area contributed by atoms with Crippen molar-refractivity contribution in [2.75, 3.05) is 5.75 Å². The van der Waals surface area contributed by atoms with Crippen LogP contribution in [0.5, 0.6) is 0 Å². The summed E-state index contributed by atoms with van der Waals surface area (Å²) in [5.41, 5.74) is -2.20. The van der Waals surface area contributed by atoms with Gasteiger partial charge in [-0.1, -0.05) is 20.8 Å². The van der Waals surface area contributed by atoms with Gasteiger partial charge in [-0.15, -0.1) is 0 Å². The van der Waals surface area contributed by atoms with Gasteiger partial charge < -0.3 is 9.84 Å². The van der Waals surface area contributed by atoms with Gasteiger partial charge >= 0.3 is 17.9 Å². The van der Waals surface area contributed by atoms with Gasteiger partial charge in [0.25, 0.3) is 5.69 Å². The van der Waals surface area contributed by atoms with Crippen LogP contribution in [-0.4, -0.2) is 38.4 Å². The van der Waals surface area contributed by atoms with Crippen LogP contribution in [0.2, 0.25) is 0 Å². The highest BCUT2D eigenvalue weighted by Gasteiger charge is 2.45. The summed E-state index contributed by atoms with van der Waals surface area (Å²) in [7, 11) is 0. The summed E-state index contributed by atoms with van der Waals surface area (Å²) >= 11 is 1.26. The van der Waals surface area contributed by atoms with Gasteiger partial charge in [-0.05, 0) is 19.1 Å². The monoisotopic (exact) mass is 369 g/mol. The summed E-state index contributed by atoms with van der Waals surface area (Å²) < 4.78 is 4.41. The van der Waals surface area contributed by atoms with Crippen LogP contribution in [0.4, 0.5) is 5.69 Å². The third-order valence-corrected chi connectivity index (χ3v) is 4.80. The third kappa shape index (κ3) is 5.56. The first kappa shape index (κ1) is 20.6. The van der Waals surface area contributed by atoms with E-state index in [4.69, 9.17) is 0 Å². The number of ether oxygens (including phenoxy) is 1. The van der Waals surface area contributed by atoms with Gasteiger partial charge in [-0.3, -0.25) is 19.7 Å². The van der Waals surface area contributed by atoms with Crippen LogP contribution in [0.15, 0.2) is 24.3 Å². The van der Waals surface area contributed by atoms with Crippen LogP contribution < -0.4 is 0 Å². The van der Waals surface area contributed by atoms with Crippen molar-refractivity contribution in [1.82, 2.24) is 0 Å². The van der Waals surface area contributed by atoms with E-state index in [1.165, 1.54) is 18.7 Å². The highest BCUT2D eigenvalue weighted by atomic mass is 32.2. The lowest BCUT2D eigenvalue weighted by Gasteiger charge is -2.26. The van der Waals surface area contributed by atoms with Crippen LogP contribution in [0, 0.1) is 15.5 Å². The first-order valence-corrected chi connectivity index (χ1v) is 8.24. The molecule has 0 radical (unpaired) electrons. The smallest absolute Gasteiger partial charge is 0.345 e. The Bertz CT molecular complexity index is 693. The van der Waals surface area contributed by atoms with Crippen LogP contribution >= 0.6 is 11.8 Å². The predicted octanol–water partition coefficient (Wildman–Crippen LogP) is 2.90. The normalized spacial score (nSPS) is 13.6. The van der Waals surface area contributed by atoms with E-state index in [1.54, 1.807) is 0 Å². The van der Waals surface area contributed by atoms with Crippen molar-refractivity contribution in [2.45, 2.75) is 32.4 Å². The number of hydrogen-bond acceptors (Lipinski definition) is 7. The molecule has 0 unspecified atom stereocenters. The third-order valence-electron chi connectivity index (χ3n) is 3.22. The number of hydrogen-bond donors (Lipinski definition) is 1. The average Bonchev–Trinajstić information content (AvgIpc) is 2.51. The molecule has 0 amide bonds. The maximum atomic E-state index is 12.2. The fourth-order valence-corrected chi connectivity index (χ4v) is 2.51. The first-order valence-electron chi connectivity index (χ1n) is 7.25. The Morgan fingerprint density at radius 2 is 1.68 bits per heavy atom. The molecule has 25 heavy (non-hydrogen) atoms. The fraction of sp³-hybridized carbons (Fsp3) is 0.438. The first-order chi connectivity index (χ1) is 11.4. The maximum absolute atomic E-state index is 12.2. The molecule has 1 aromatic carbocycles. The minimum atomic E-state index is -1.89. The summed E-state index contributed by atoms with van der Waals surface area (Å²) in [6, 6.07) is 4.45. The van der Waals surface area contributed by atoms with Crippen LogP contribution in [0.25, 0.3) is 0 Å². The van der Waals surface area contributed by atoms with Crippen molar-refractivity contribution in [1.29, 1.82) is 0 Å². The zero-order chi connectivity index (χ0) is 19.4. The molecular weight excluding hydrogens is 350 g/mol. The Morgan fingerprint density at radius 1 is 1.16 bits per heavy atom. The van der Waals surface area contributed by atoms with Gasteiger partial charge in [-0.25, -0.2) is 4.79 Å². The van der Waals surface area contributed by atoms with E-state index in [0.29, 0.717) is 0 Å². The molecule has 0 aliphatic heterocycles. The van der Waals surface area contributed by atoms with Crippen molar-refractivity contribution in [2.24, 2.45) is 5.41 Å². The molecule has 0 fully saturated rings. The molecule has 0 aliphatic rings. The number of carboxylic acid groups (broad SMARTS) is 1. The Hall–Kier alpha value is -2.42. The average molecular weight is 369 g/mol. The summed E-state index contributed by atoms with van der Waals surface area (Å²) in [6.45, 7) is 6.80. The standard InChI is InChI=1S/C16H19NO7S/c1-15(2,3)25-9-16(4,13(19)20)14(21)24-12(18)10-5-7-11(8-6-10)17(22)23/h5-8H,9H2,1-4H3,(H,19,20)/t16-/m1/s1. The quantitative estimate of drug-likeness (QED) is 0.351. The lowest BCUT2D eigenvalue weighted by atomic mass is 9.94. The lowest BCUT2D eigenvalue weighted by molar-refractivity contribution is -0.384. The molecule has 1 N–H and O–H groups in total. The van der Waals surface area contributed by atoms with Crippen molar-refractivity contribution in [3.05, 3.63) is 39.9 Å². The molecule has 0 saturated heterocycles.